The molecule has 1 aromatic rings. The number of amides is 1. The Hall–Kier alpha value is -1.57. The van der Waals surface area contributed by atoms with Crippen LogP contribution in [0.5, 0.6) is 0 Å². The Morgan fingerprint density at radius 3 is 2.57 bits per heavy atom. The van der Waals surface area contributed by atoms with E-state index in [2.05, 4.69) is 17.9 Å². The minimum absolute atomic E-state index is 0.0238. The van der Waals surface area contributed by atoms with Crippen LogP contribution in [-0.2, 0) is 0 Å². The average molecular weight is 306 g/mol. The third-order valence-corrected chi connectivity index (χ3v) is 4.19. The molecule has 1 aromatic carbocycles. The fraction of sp³-hybridized carbons (Fsp3) is 0.500. The molecule has 2 rings (SSSR count). The number of hydrogen-bond acceptors (Lipinski definition) is 3. The molecular weight excluding hydrogens is 286 g/mol. The molecular formula is C16H20ClN3O. The van der Waals surface area contributed by atoms with Crippen LogP contribution in [0.15, 0.2) is 24.3 Å². The van der Waals surface area contributed by atoms with Crippen LogP contribution in [0.25, 0.3) is 0 Å². The lowest BCUT2D eigenvalue weighted by Crippen LogP contribution is -2.51. The highest BCUT2D eigenvalue weighted by atomic mass is 35.5. The summed E-state index contributed by atoms with van der Waals surface area (Å²) in [7, 11) is 0. The van der Waals surface area contributed by atoms with Crippen LogP contribution >= 0.6 is 11.6 Å². The number of nitriles is 1. The zero-order valence-electron chi connectivity index (χ0n) is 12.3. The molecule has 0 spiro atoms. The maximum Gasteiger partial charge on any atom is 0.255 e. The fourth-order valence-corrected chi connectivity index (χ4v) is 2.86. The predicted octanol–water partition coefficient (Wildman–Crippen LogP) is 2.79. The molecule has 0 aromatic heterocycles. The summed E-state index contributed by atoms with van der Waals surface area (Å²) in [6.07, 6.45) is 1.88. The van der Waals surface area contributed by atoms with E-state index in [0.29, 0.717) is 23.7 Å². The van der Waals surface area contributed by atoms with E-state index in [0.717, 1.165) is 25.9 Å². The fourth-order valence-electron chi connectivity index (χ4n) is 2.64. The smallest absolute Gasteiger partial charge is 0.255 e. The molecule has 1 saturated heterocycles. The molecule has 0 bridgehead atoms. The molecule has 112 valence electrons. The molecule has 0 aliphatic carbocycles. The van der Waals surface area contributed by atoms with Crippen molar-refractivity contribution in [1.82, 2.24) is 9.80 Å². The lowest BCUT2D eigenvalue weighted by atomic mass is 10.1. The molecule has 1 heterocycles. The molecule has 1 unspecified atom stereocenters. The molecule has 21 heavy (non-hydrogen) atoms. The predicted molar refractivity (Wildman–Crippen MR) is 83.2 cm³/mol. The first-order valence-corrected chi connectivity index (χ1v) is 7.72. The molecule has 0 saturated carbocycles. The van der Waals surface area contributed by atoms with Crippen molar-refractivity contribution >= 4 is 17.5 Å². The first-order chi connectivity index (χ1) is 10.2. The van der Waals surface area contributed by atoms with Gasteiger partial charge in [0, 0.05) is 26.2 Å². The van der Waals surface area contributed by atoms with Crippen molar-refractivity contribution in [3.63, 3.8) is 0 Å². The topological polar surface area (TPSA) is 47.3 Å². The van der Waals surface area contributed by atoms with E-state index < -0.39 is 0 Å². The van der Waals surface area contributed by atoms with Gasteiger partial charge < -0.3 is 4.90 Å². The number of hydrogen-bond donors (Lipinski definition) is 0. The normalized spacial score (nSPS) is 17.3. The van der Waals surface area contributed by atoms with Crippen LogP contribution in [0.3, 0.4) is 0 Å². The van der Waals surface area contributed by atoms with Gasteiger partial charge in [0.2, 0.25) is 0 Å². The van der Waals surface area contributed by atoms with Gasteiger partial charge in [0.1, 0.15) is 0 Å². The summed E-state index contributed by atoms with van der Waals surface area (Å²) in [4.78, 5) is 16.4. The second-order valence-electron chi connectivity index (χ2n) is 5.24. The van der Waals surface area contributed by atoms with Crippen molar-refractivity contribution in [2.75, 3.05) is 26.2 Å². The molecule has 1 aliphatic rings. The van der Waals surface area contributed by atoms with Gasteiger partial charge in [0.05, 0.1) is 22.7 Å². The summed E-state index contributed by atoms with van der Waals surface area (Å²) in [5, 5.41) is 9.70. The van der Waals surface area contributed by atoms with Crippen molar-refractivity contribution in [1.29, 1.82) is 5.26 Å². The molecule has 1 aliphatic heterocycles. The lowest BCUT2D eigenvalue weighted by molar-refractivity contribution is 0.0601. The van der Waals surface area contributed by atoms with E-state index >= 15 is 0 Å². The van der Waals surface area contributed by atoms with Crippen LogP contribution in [0, 0.1) is 11.3 Å². The number of carbonyl (C=O) groups excluding carboxylic acids is 1. The van der Waals surface area contributed by atoms with Gasteiger partial charge in [-0.2, -0.15) is 5.26 Å². The Bertz CT molecular complexity index is 533. The van der Waals surface area contributed by atoms with Gasteiger partial charge in [0.15, 0.2) is 0 Å². The maximum atomic E-state index is 12.5. The van der Waals surface area contributed by atoms with Crippen molar-refractivity contribution in [2.24, 2.45) is 0 Å². The third kappa shape index (κ3) is 3.75. The van der Waals surface area contributed by atoms with Crippen molar-refractivity contribution in [3.05, 3.63) is 34.9 Å². The highest BCUT2D eigenvalue weighted by molar-refractivity contribution is 6.33. The van der Waals surface area contributed by atoms with Crippen molar-refractivity contribution in [3.8, 4) is 6.07 Å². The Morgan fingerprint density at radius 2 is 2.00 bits per heavy atom. The number of benzene rings is 1. The standard InChI is InChI=1S/C16H20ClN3O/c1-2-5-13(12-18)19-8-10-20(11-9-19)16(21)14-6-3-4-7-15(14)17/h3-4,6-7,13H,2,5,8-11H2,1H3. The van der Waals surface area contributed by atoms with Gasteiger partial charge in [-0.15, -0.1) is 0 Å². The van der Waals surface area contributed by atoms with Crippen LogP contribution in [0.4, 0.5) is 0 Å². The van der Waals surface area contributed by atoms with E-state index in [1.54, 1.807) is 12.1 Å². The monoisotopic (exact) mass is 305 g/mol. The molecule has 4 nitrogen and oxygen atoms in total. The Kier molecular flexibility index (Phi) is 5.60. The Labute approximate surface area is 130 Å². The third-order valence-electron chi connectivity index (χ3n) is 3.86. The van der Waals surface area contributed by atoms with E-state index in [1.807, 2.05) is 17.0 Å². The van der Waals surface area contributed by atoms with Crippen LogP contribution < -0.4 is 0 Å². The molecule has 1 atom stereocenters. The number of rotatable bonds is 4. The molecule has 5 heteroatoms. The van der Waals surface area contributed by atoms with E-state index in [4.69, 9.17) is 11.6 Å². The summed E-state index contributed by atoms with van der Waals surface area (Å²) < 4.78 is 0. The van der Waals surface area contributed by atoms with Crippen LogP contribution in [-0.4, -0.2) is 47.9 Å². The van der Waals surface area contributed by atoms with Crippen LogP contribution in [0.1, 0.15) is 30.1 Å². The van der Waals surface area contributed by atoms with E-state index in [9.17, 15) is 10.1 Å². The largest absolute Gasteiger partial charge is 0.336 e. The SMILES string of the molecule is CCCC(C#N)N1CCN(C(=O)c2ccccc2Cl)CC1. The van der Waals surface area contributed by atoms with E-state index in [1.165, 1.54) is 0 Å². The lowest BCUT2D eigenvalue weighted by Gasteiger charge is -2.37. The summed E-state index contributed by atoms with van der Waals surface area (Å²) in [6, 6.07) is 9.46. The summed E-state index contributed by atoms with van der Waals surface area (Å²) in [6.45, 7) is 4.86. The molecule has 1 amide bonds. The minimum Gasteiger partial charge on any atom is -0.336 e. The number of halogens is 1. The Balaban J connectivity index is 1.97. The summed E-state index contributed by atoms with van der Waals surface area (Å²) in [5.41, 5.74) is 0.554. The zero-order chi connectivity index (χ0) is 15.2. The minimum atomic E-state index is -0.0347. The first-order valence-electron chi connectivity index (χ1n) is 7.34. The number of carbonyl (C=O) groups is 1. The van der Waals surface area contributed by atoms with E-state index in [-0.39, 0.29) is 11.9 Å². The number of piperazine rings is 1. The van der Waals surface area contributed by atoms with Gasteiger partial charge in [0.25, 0.3) is 5.91 Å². The second kappa shape index (κ2) is 7.44. The highest BCUT2D eigenvalue weighted by Crippen LogP contribution is 2.19. The zero-order valence-corrected chi connectivity index (χ0v) is 13.0. The molecule has 0 N–H and O–H groups in total. The molecule has 1 fully saturated rings. The Morgan fingerprint density at radius 1 is 1.33 bits per heavy atom. The number of nitrogens with zero attached hydrogens (tertiary/aromatic N) is 3. The van der Waals surface area contributed by atoms with Crippen molar-refractivity contribution < 1.29 is 4.79 Å². The molecule has 0 radical (unpaired) electrons. The van der Waals surface area contributed by atoms with Crippen molar-refractivity contribution in [2.45, 2.75) is 25.8 Å². The van der Waals surface area contributed by atoms with Gasteiger partial charge in [-0.05, 0) is 18.6 Å². The highest BCUT2D eigenvalue weighted by Gasteiger charge is 2.26. The maximum absolute atomic E-state index is 12.5. The quantitative estimate of drug-likeness (QED) is 0.859. The average Bonchev–Trinajstić information content (AvgIpc) is 2.52. The van der Waals surface area contributed by atoms with Crippen LogP contribution in [0.2, 0.25) is 5.02 Å². The summed E-state index contributed by atoms with van der Waals surface area (Å²) >= 11 is 6.08. The first kappa shape index (κ1) is 15.8. The van der Waals surface area contributed by atoms with Gasteiger partial charge >= 0.3 is 0 Å². The second-order valence-corrected chi connectivity index (χ2v) is 5.65. The van der Waals surface area contributed by atoms with Gasteiger partial charge in [-0.3, -0.25) is 9.69 Å². The van der Waals surface area contributed by atoms with Gasteiger partial charge in [-0.25, -0.2) is 0 Å². The van der Waals surface area contributed by atoms with Gasteiger partial charge in [-0.1, -0.05) is 37.1 Å². The summed E-state index contributed by atoms with van der Waals surface area (Å²) in [5.74, 6) is -0.0238.